The Labute approximate surface area is 183 Å². The van der Waals surface area contributed by atoms with Gasteiger partial charge in [-0.25, -0.2) is 0 Å². The summed E-state index contributed by atoms with van der Waals surface area (Å²) in [6, 6.07) is 0.163. The number of aliphatic carboxylic acids is 1. The third-order valence-corrected chi connectivity index (χ3v) is 6.19. The van der Waals surface area contributed by atoms with Gasteiger partial charge in [-0.05, 0) is 32.9 Å². The number of rotatable bonds is 23. The third-order valence-electron chi connectivity index (χ3n) is 6.19. The zero-order valence-electron chi connectivity index (χ0n) is 20.2. The van der Waals surface area contributed by atoms with Crippen molar-refractivity contribution >= 4 is 5.97 Å². The van der Waals surface area contributed by atoms with Gasteiger partial charge in [-0.1, -0.05) is 117 Å². The average molecular weight is 412 g/mol. The zero-order chi connectivity index (χ0) is 21.6. The Bertz CT molecular complexity index is 324. The van der Waals surface area contributed by atoms with E-state index in [0.717, 1.165) is 13.1 Å². The van der Waals surface area contributed by atoms with Crippen LogP contribution in [-0.4, -0.2) is 35.1 Å². The van der Waals surface area contributed by atoms with Crippen molar-refractivity contribution in [1.82, 2.24) is 4.90 Å². The lowest BCUT2D eigenvalue weighted by molar-refractivity contribution is -0.138. The molecule has 0 fully saturated rings. The van der Waals surface area contributed by atoms with Crippen LogP contribution in [0.4, 0.5) is 0 Å². The highest BCUT2D eigenvalue weighted by Gasteiger charge is 2.16. The summed E-state index contributed by atoms with van der Waals surface area (Å²) in [7, 11) is 0. The predicted octanol–water partition coefficient (Wildman–Crippen LogP) is 8.21. The molecule has 0 amide bonds. The highest BCUT2D eigenvalue weighted by Crippen LogP contribution is 2.14. The van der Waals surface area contributed by atoms with Crippen molar-refractivity contribution in [3.05, 3.63) is 0 Å². The van der Waals surface area contributed by atoms with Gasteiger partial charge in [-0.2, -0.15) is 0 Å². The molecule has 1 N–H and O–H groups in total. The monoisotopic (exact) mass is 411 g/mol. The molecule has 0 spiro atoms. The normalized spacial score (nSPS) is 12.6. The summed E-state index contributed by atoms with van der Waals surface area (Å²) in [6.45, 7) is 8.77. The van der Waals surface area contributed by atoms with E-state index in [1.165, 1.54) is 116 Å². The van der Waals surface area contributed by atoms with Crippen LogP contribution in [-0.2, 0) is 4.79 Å². The zero-order valence-corrected chi connectivity index (χ0v) is 20.2. The molecule has 0 aliphatic heterocycles. The molecular formula is C26H53NO2. The number of unbranched alkanes of at least 4 members (excludes halogenated alkanes) is 16. The molecule has 0 aromatic carbocycles. The van der Waals surface area contributed by atoms with Crippen LogP contribution in [0, 0.1) is 0 Å². The number of carboxylic acid groups (broad SMARTS) is 1. The molecule has 3 nitrogen and oxygen atoms in total. The fourth-order valence-electron chi connectivity index (χ4n) is 4.19. The largest absolute Gasteiger partial charge is 0.481 e. The molecule has 3 heteroatoms. The fraction of sp³-hybridized carbons (Fsp3) is 0.962. The van der Waals surface area contributed by atoms with Crippen molar-refractivity contribution in [2.24, 2.45) is 0 Å². The van der Waals surface area contributed by atoms with Crippen molar-refractivity contribution in [1.29, 1.82) is 0 Å². The van der Waals surface area contributed by atoms with Gasteiger partial charge in [0.15, 0.2) is 0 Å². The van der Waals surface area contributed by atoms with Crippen LogP contribution in [0.25, 0.3) is 0 Å². The summed E-state index contributed by atoms with van der Waals surface area (Å²) in [6.07, 6.45) is 24.5. The molecule has 0 heterocycles. The first-order valence-electron chi connectivity index (χ1n) is 13.1. The number of carboxylic acids is 1. The van der Waals surface area contributed by atoms with Crippen molar-refractivity contribution in [3.8, 4) is 0 Å². The first-order valence-corrected chi connectivity index (χ1v) is 13.1. The van der Waals surface area contributed by atoms with Crippen molar-refractivity contribution < 1.29 is 9.90 Å². The average Bonchev–Trinajstić information content (AvgIpc) is 2.69. The molecule has 0 radical (unpaired) electrons. The van der Waals surface area contributed by atoms with Crippen LogP contribution in [0.1, 0.15) is 143 Å². The number of hydrogen-bond acceptors (Lipinski definition) is 2. The lowest BCUT2D eigenvalue weighted by atomic mass is 10.1. The number of hydrogen-bond donors (Lipinski definition) is 1. The molecule has 1 unspecified atom stereocenters. The third kappa shape index (κ3) is 20.5. The van der Waals surface area contributed by atoms with Crippen molar-refractivity contribution in [2.75, 3.05) is 13.1 Å². The van der Waals surface area contributed by atoms with Crippen LogP contribution in [0.3, 0.4) is 0 Å². The van der Waals surface area contributed by atoms with E-state index >= 15 is 0 Å². The molecule has 0 aliphatic rings. The summed E-state index contributed by atoms with van der Waals surface area (Å²) >= 11 is 0. The topological polar surface area (TPSA) is 40.5 Å². The van der Waals surface area contributed by atoms with Gasteiger partial charge in [0.05, 0.1) is 6.42 Å². The standard InChI is InChI=1S/C26H53NO2/c1-4-6-8-10-12-14-16-18-20-22-27(25(3)24-26(28)29)23-21-19-17-15-13-11-9-7-5-2/h25H,4-24H2,1-3H3,(H,28,29). The molecule has 1 atom stereocenters. The minimum atomic E-state index is -0.665. The van der Waals surface area contributed by atoms with Gasteiger partial charge in [0.2, 0.25) is 0 Å². The Hall–Kier alpha value is -0.570. The van der Waals surface area contributed by atoms with Gasteiger partial charge in [0.25, 0.3) is 0 Å². The maximum atomic E-state index is 11.1. The molecule has 29 heavy (non-hydrogen) atoms. The summed E-state index contributed by atoms with van der Waals surface area (Å²) in [4.78, 5) is 13.6. The Morgan fingerprint density at radius 3 is 1.24 bits per heavy atom. The minimum Gasteiger partial charge on any atom is -0.481 e. The highest BCUT2D eigenvalue weighted by molar-refractivity contribution is 5.67. The van der Waals surface area contributed by atoms with Gasteiger partial charge in [0, 0.05) is 6.04 Å². The predicted molar refractivity (Wildman–Crippen MR) is 128 cm³/mol. The van der Waals surface area contributed by atoms with Crippen LogP contribution in [0.15, 0.2) is 0 Å². The van der Waals surface area contributed by atoms with Gasteiger partial charge < -0.3 is 10.0 Å². The second-order valence-electron chi connectivity index (χ2n) is 9.14. The quantitative estimate of drug-likeness (QED) is 0.172. The summed E-state index contributed by atoms with van der Waals surface area (Å²) in [5.74, 6) is -0.665. The van der Waals surface area contributed by atoms with E-state index in [-0.39, 0.29) is 12.5 Å². The van der Waals surface area contributed by atoms with E-state index in [1.54, 1.807) is 0 Å². The van der Waals surface area contributed by atoms with E-state index in [0.29, 0.717) is 0 Å². The molecule has 0 aromatic rings. The van der Waals surface area contributed by atoms with E-state index in [4.69, 9.17) is 5.11 Å². The van der Waals surface area contributed by atoms with Gasteiger partial charge in [-0.15, -0.1) is 0 Å². The molecule has 0 saturated carbocycles. The smallest absolute Gasteiger partial charge is 0.304 e. The Morgan fingerprint density at radius 1 is 0.621 bits per heavy atom. The first-order chi connectivity index (χ1) is 14.1. The molecular weight excluding hydrogens is 358 g/mol. The highest BCUT2D eigenvalue weighted by atomic mass is 16.4. The van der Waals surface area contributed by atoms with E-state index in [1.807, 2.05) is 0 Å². The maximum Gasteiger partial charge on any atom is 0.304 e. The molecule has 0 aliphatic carbocycles. The maximum absolute atomic E-state index is 11.1. The summed E-state index contributed by atoms with van der Waals surface area (Å²) in [5.41, 5.74) is 0. The van der Waals surface area contributed by atoms with Crippen molar-refractivity contribution in [3.63, 3.8) is 0 Å². The second kappa shape index (κ2) is 22.1. The molecule has 0 rings (SSSR count). The Morgan fingerprint density at radius 2 is 0.931 bits per heavy atom. The van der Waals surface area contributed by atoms with Gasteiger partial charge in [0.1, 0.15) is 0 Å². The molecule has 174 valence electrons. The molecule has 0 bridgehead atoms. The summed E-state index contributed by atoms with van der Waals surface area (Å²) < 4.78 is 0. The Balaban J connectivity index is 3.86. The first kappa shape index (κ1) is 28.4. The SMILES string of the molecule is CCCCCCCCCCCN(CCCCCCCCCCC)C(C)CC(=O)O. The molecule has 0 saturated heterocycles. The van der Waals surface area contributed by atoms with Gasteiger partial charge >= 0.3 is 5.97 Å². The minimum absolute atomic E-state index is 0.163. The fourth-order valence-corrected chi connectivity index (χ4v) is 4.19. The van der Waals surface area contributed by atoms with E-state index < -0.39 is 5.97 Å². The lowest BCUT2D eigenvalue weighted by Gasteiger charge is -2.28. The second-order valence-corrected chi connectivity index (χ2v) is 9.14. The van der Waals surface area contributed by atoms with Crippen LogP contribution >= 0.6 is 0 Å². The Kier molecular flexibility index (Phi) is 21.7. The van der Waals surface area contributed by atoms with Crippen LogP contribution in [0.5, 0.6) is 0 Å². The van der Waals surface area contributed by atoms with Crippen LogP contribution in [0.2, 0.25) is 0 Å². The van der Waals surface area contributed by atoms with E-state index in [2.05, 4.69) is 25.7 Å². The number of carbonyl (C=O) groups is 1. The van der Waals surface area contributed by atoms with Gasteiger partial charge in [-0.3, -0.25) is 4.79 Å². The lowest BCUT2D eigenvalue weighted by Crippen LogP contribution is -2.36. The molecule has 0 aromatic heterocycles. The van der Waals surface area contributed by atoms with Crippen LogP contribution < -0.4 is 0 Å². The van der Waals surface area contributed by atoms with E-state index in [9.17, 15) is 4.79 Å². The van der Waals surface area contributed by atoms with Crippen molar-refractivity contribution in [2.45, 2.75) is 149 Å². The summed E-state index contributed by atoms with van der Waals surface area (Å²) in [5, 5.41) is 9.17. The number of nitrogens with zero attached hydrogens (tertiary/aromatic N) is 1.